The highest BCUT2D eigenvalue weighted by Crippen LogP contribution is 2.48. The molecule has 47 heavy (non-hydrogen) atoms. The van der Waals surface area contributed by atoms with Crippen LogP contribution in [0.2, 0.25) is 10.0 Å². The Balaban J connectivity index is 1.44. The highest BCUT2D eigenvalue weighted by atomic mass is 35.5. The number of ether oxygens (including phenoxy) is 4. The van der Waals surface area contributed by atoms with E-state index >= 15 is 0 Å². The third-order valence-corrected chi connectivity index (χ3v) is 10.1. The van der Waals surface area contributed by atoms with Crippen molar-refractivity contribution in [3.8, 4) is 23.0 Å². The number of amides is 1. The van der Waals surface area contributed by atoms with Crippen molar-refractivity contribution in [2.24, 2.45) is 0 Å². The quantitative estimate of drug-likeness (QED) is 0.0820. The van der Waals surface area contributed by atoms with Gasteiger partial charge in [-0.2, -0.15) is 0 Å². The maximum absolute atomic E-state index is 14.2. The van der Waals surface area contributed by atoms with Gasteiger partial charge in [-0.1, -0.05) is 64.5 Å². The zero-order chi connectivity index (χ0) is 33.4. The van der Waals surface area contributed by atoms with Gasteiger partial charge in [0.15, 0.2) is 38.7 Å². The van der Waals surface area contributed by atoms with Gasteiger partial charge >= 0.3 is 0 Å². The van der Waals surface area contributed by atoms with Crippen LogP contribution >= 0.6 is 46.3 Å². The summed E-state index contributed by atoms with van der Waals surface area (Å²) in [6.07, 6.45) is 0. The molecule has 0 saturated heterocycles. The number of aromatic nitrogens is 2. The zero-order valence-electron chi connectivity index (χ0n) is 25.2. The number of ketones is 1. The van der Waals surface area contributed by atoms with Crippen molar-refractivity contribution < 1.29 is 38.1 Å². The molecule has 6 rings (SSSR count). The third kappa shape index (κ3) is 5.95. The minimum atomic E-state index is -1.18. The number of thioether (sulfide) groups is 1. The number of halogens is 2. The zero-order valence-corrected chi connectivity index (χ0v) is 28.3. The molecule has 0 spiro atoms. The number of aliphatic hydroxyl groups is 1. The van der Waals surface area contributed by atoms with E-state index in [1.165, 1.54) is 51.2 Å². The first-order valence-electron chi connectivity index (χ1n) is 13.8. The highest BCUT2D eigenvalue weighted by Gasteiger charge is 2.47. The molecule has 1 amide bonds. The van der Waals surface area contributed by atoms with E-state index in [1.54, 1.807) is 42.5 Å². The van der Waals surface area contributed by atoms with Crippen LogP contribution in [0.4, 0.5) is 5.13 Å². The fourth-order valence-corrected chi connectivity index (χ4v) is 7.61. The summed E-state index contributed by atoms with van der Waals surface area (Å²) in [5, 5.41) is 21.6. The average Bonchev–Trinajstić information content (AvgIpc) is 3.79. The highest BCUT2D eigenvalue weighted by molar-refractivity contribution is 8.00. The van der Waals surface area contributed by atoms with Gasteiger partial charge in [0.1, 0.15) is 0 Å². The van der Waals surface area contributed by atoms with Crippen LogP contribution in [0, 0.1) is 0 Å². The molecule has 11 nitrogen and oxygen atoms in total. The number of Topliss-reactive ketones (excluding diaryl/α,β-unsaturated/α-hetero) is 1. The molecule has 0 bridgehead atoms. The molecule has 2 aromatic heterocycles. The number of anilines is 1. The Kier molecular flexibility index (Phi) is 9.24. The van der Waals surface area contributed by atoms with E-state index in [0.717, 1.165) is 16.9 Å². The summed E-state index contributed by atoms with van der Waals surface area (Å²) in [6, 6.07) is 14.0. The molecule has 1 unspecified atom stereocenters. The molecule has 0 fully saturated rings. The fraction of sp³-hybridized carbons (Fsp3) is 0.188. The van der Waals surface area contributed by atoms with Crippen molar-refractivity contribution in [1.29, 1.82) is 0 Å². The molecule has 0 radical (unpaired) electrons. The smallest absolute Gasteiger partial charge is 0.296 e. The van der Waals surface area contributed by atoms with Gasteiger partial charge in [0.2, 0.25) is 16.7 Å². The number of aliphatic hydroxyl groups excluding tert-OH is 1. The summed E-state index contributed by atoms with van der Waals surface area (Å²) in [7, 11) is 5.83. The SMILES string of the molecule is COc1cc(C2C(C(=O)c3cc4cccc(OC)c4o3)=C(O)C(=O)N2c2nnc(SCc3ccc(Cl)cc3Cl)s2)cc(OC)c1OC. The van der Waals surface area contributed by atoms with Gasteiger partial charge < -0.3 is 28.5 Å². The van der Waals surface area contributed by atoms with E-state index < -0.39 is 23.5 Å². The minimum absolute atomic E-state index is 0.105. The van der Waals surface area contributed by atoms with Crippen LogP contribution in [0.15, 0.2) is 74.7 Å². The van der Waals surface area contributed by atoms with Crippen molar-refractivity contribution >= 4 is 74.1 Å². The number of furan rings is 1. The van der Waals surface area contributed by atoms with E-state index in [9.17, 15) is 14.7 Å². The molecular formula is C32H25Cl2N3O8S2. The Morgan fingerprint density at radius 3 is 2.36 bits per heavy atom. The first-order chi connectivity index (χ1) is 22.7. The van der Waals surface area contributed by atoms with Crippen LogP contribution in [0.1, 0.15) is 27.7 Å². The molecule has 1 N–H and O–H groups in total. The number of methoxy groups -OCH3 is 4. The van der Waals surface area contributed by atoms with Gasteiger partial charge in [-0.3, -0.25) is 14.5 Å². The standard InChI is InChI=1S/C32H25Cl2N3O8S2/c1-41-20-7-5-6-15-10-21(45-28(15)20)26(38)24-25(17-11-22(42-2)29(44-4)23(12-17)43-3)37(30(40)27(24)39)31-35-36-32(47-31)46-14-16-8-9-18(33)13-19(16)34/h5-13,25,39H,14H2,1-4H3. The summed E-state index contributed by atoms with van der Waals surface area (Å²) >= 11 is 14.8. The van der Waals surface area contributed by atoms with Crippen LogP contribution in [-0.4, -0.2) is 55.4 Å². The molecule has 1 aliphatic rings. The minimum Gasteiger partial charge on any atom is -0.503 e. The third-order valence-electron chi connectivity index (χ3n) is 7.38. The Bertz CT molecular complexity index is 2040. The lowest BCUT2D eigenvalue weighted by Crippen LogP contribution is -2.31. The van der Waals surface area contributed by atoms with Crippen LogP contribution < -0.4 is 23.8 Å². The van der Waals surface area contributed by atoms with Crippen molar-refractivity contribution in [3.05, 3.63) is 92.9 Å². The lowest BCUT2D eigenvalue weighted by atomic mass is 9.94. The monoisotopic (exact) mass is 713 g/mol. The predicted octanol–water partition coefficient (Wildman–Crippen LogP) is 7.70. The summed E-state index contributed by atoms with van der Waals surface area (Å²) in [5.74, 6) is -0.716. The second-order valence-electron chi connectivity index (χ2n) is 9.99. The molecule has 3 aromatic carbocycles. The van der Waals surface area contributed by atoms with E-state index in [4.69, 9.17) is 46.6 Å². The van der Waals surface area contributed by atoms with E-state index in [-0.39, 0.29) is 28.0 Å². The fourth-order valence-electron chi connectivity index (χ4n) is 5.19. The summed E-state index contributed by atoms with van der Waals surface area (Å²) in [4.78, 5) is 29.3. The number of carbonyl (C=O) groups is 2. The lowest BCUT2D eigenvalue weighted by Gasteiger charge is -2.25. The second-order valence-corrected chi connectivity index (χ2v) is 13.0. The van der Waals surface area contributed by atoms with Crippen LogP contribution in [0.25, 0.3) is 11.0 Å². The van der Waals surface area contributed by atoms with Gasteiger partial charge in [-0.15, -0.1) is 10.2 Å². The van der Waals surface area contributed by atoms with Crippen molar-refractivity contribution in [1.82, 2.24) is 10.2 Å². The largest absolute Gasteiger partial charge is 0.503 e. The molecule has 242 valence electrons. The van der Waals surface area contributed by atoms with Gasteiger partial charge in [0, 0.05) is 21.2 Å². The number of hydrogen-bond acceptors (Lipinski definition) is 12. The molecule has 3 heterocycles. The van der Waals surface area contributed by atoms with Crippen LogP contribution in [0.3, 0.4) is 0 Å². The van der Waals surface area contributed by atoms with Gasteiger partial charge in [-0.25, -0.2) is 0 Å². The van der Waals surface area contributed by atoms with Gasteiger partial charge in [0.05, 0.1) is 40.1 Å². The molecule has 1 aliphatic heterocycles. The number of benzene rings is 3. The number of hydrogen-bond donors (Lipinski definition) is 1. The number of fused-ring (bicyclic) bond motifs is 1. The van der Waals surface area contributed by atoms with Crippen molar-refractivity contribution in [2.75, 3.05) is 33.3 Å². The molecule has 0 saturated carbocycles. The van der Waals surface area contributed by atoms with E-state index in [2.05, 4.69) is 10.2 Å². The first kappa shape index (κ1) is 32.5. The maximum Gasteiger partial charge on any atom is 0.296 e. The Morgan fingerprint density at radius 2 is 1.70 bits per heavy atom. The Morgan fingerprint density at radius 1 is 0.979 bits per heavy atom. The topological polar surface area (TPSA) is 133 Å². The number of para-hydroxylation sites is 1. The van der Waals surface area contributed by atoms with E-state index in [0.29, 0.717) is 48.2 Å². The first-order valence-corrected chi connectivity index (χ1v) is 16.3. The van der Waals surface area contributed by atoms with Gasteiger partial charge in [0.25, 0.3) is 5.91 Å². The van der Waals surface area contributed by atoms with Crippen molar-refractivity contribution in [2.45, 2.75) is 16.1 Å². The molecule has 1 atom stereocenters. The maximum atomic E-state index is 14.2. The normalized spacial score (nSPS) is 14.6. The molecule has 15 heteroatoms. The molecule has 0 aliphatic carbocycles. The van der Waals surface area contributed by atoms with Crippen LogP contribution in [0.5, 0.6) is 23.0 Å². The molecular weight excluding hydrogens is 689 g/mol. The Labute approximate surface area is 286 Å². The average molecular weight is 715 g/mol. The summed E-state index contributed by atoms with van der Waals surface area (Å²) in [5.41, 5.74) is 1.31. The van der Waals surface area contributed by atoms with E-state index in [1.807, 2.05) is 6.07 Å². The number of rotatable bonds is 11. The predicted molar refractivity (Wildman–Crippen MR) is 179 cm³/mol. The second kappa shape index (κ2) is 13.4. The number of nitrogens with zero attached hydrogens (tertiary/aromatic N) is 3. The number of carbonyl (C=O) groups excluding carboxylic acids is 2. The molecule has 5 aromatic rings. The summed E-state index contributed by atoms with van der Waals surface area (Å²) < 4.78 is 28.4. The van der Waals surface area contributed by atoms with Crippen LogP contribution in [-0.2, 0) is 10.5 Å². The van der Waals surface area contributed by atoms with Gasteiger partial charge in [-0.05, 0) is 47.5 Å². The lowest BCUT2D eigenvalue weighted by molar-refractivity contribution is -0.117. The Hall–Kier alpha value is -4.43. The summed E-state index contributed by atoms with van der Waals surface area (Å²) in [6.45, 7) is 0. The van der Waals surface area contributed by atoms with Crippen molar-refractivity contribution in [3.63, 3.8) is 0 Å².